The van der Waals surface area contributed by atoms with Crippen LogP contribution in [-0.4, -0.2) is 0 Å². The van der Waals surface area contributed by atoms with Gasteiger partial charge in [-0.25, -0.2) is 0 Å². The first-order valence-electron chi connectivity index (χ1n) is 5.53. The Kier molecular flexibility index (Phi) is 3.75. The van der Waals surface area contributed by atoms with Gasteiger partial charge in [0.1, 0.15) is 0 Å². The van der Waals surface area contributed by atoms with Gasteiger partial charge in [0.25, 0.3) is 0 Å². The zero-order valence-electron chi connectivity index (χ0n) is 9.96. The molecule has 1 aromatic heterocycles. The molecular formula is C13H11ClF3NO. The maximum Gasteiger partial charge on any atom is 0.418 e. The molecule has 6 heteroatoms. The smallest absolute Gasteiger partial charge is 0.418 e. The van der Waals surface area contributed by atoms with Crippen LogP contribution in [0, 0.1) is 0 Å². The van der Waals surface area contributed by atoms with E-state index in [0.717, 1.165) is 11.6 Å². The molecule has 102 valence electrons. The van der Waals surface area contributed by atoms with Gasteiger partial charge in [0, 0.05) is 16.3 Å². The van der Waals surface area contributed by atoms with Crippen LogP contribution in [0.3, 0.4) is 0 Å². The molecule has 1 atom stereocenters. The van der Waals surface area contributed by atoms with Gasteiger partial charge in [0.05, 0.1) is 24.1 Å². The van der Waals surface area contributed by atoms with Crippen LogP contribution >= 0.6 is 11.6 Å². The molecule has 1 N–H and O–H groups in total. The van der Waals surface area contributed by atoms with Crippen molar-refractivity contribution in [3.05, 3.63) is 52.9 Å². The van der Waals surface area contributed by atoms with E-state index >= 15 is 0 Å². The Morgan fingerprint density at radius 2 is 2.00 bits per heavy atom. The molecule has 0 radical (unpaired) electrons. The van der Waals surface area contributed by atoms with Crippen LogP contribution in [-0.2, 0) is 6.18 Å². The minimum Gasteiger partial charge on any atom is -0.472 e. The first-order valence-corrected chi connectivity index (χ1v) is 5.91. The molecule has 19 heavy (non-hydrogen) atoms. The number of hydrogen-bond donors (Lipinski definition) is 1. The van der Waals surface area contributed by atoms with Gasteiger partial charge in [0.2, 0.25) is 0 Å². The predicted molar refractivity (Wildman–Crippen MR) is 67.2 cm³/mol. The van der Waals surface area contributed by atoms with Crippen molar-refractivity contribution in [2.75, 3.05) is 5.32 Å². The lowest BCUT2D eigenvalue weighted by molar-refractivity contribution is -0.137. The number of rotatable bonds is 3. The molecule has 0 spiro atoms. The van der Waals surface area contributed by atoms with Crippen molar-refractivity contribution < 1.29 is 17.6 Å². The Balaban J connectivity index is 2.30. The second kappa shape index (κ2) is 5.17. The third-order valence-electron chi connectivity index (χ3n) is 2.70. The fraction of sp³-hybridized carbons (Fsp3) is 0.231. The molecule has 0 amide bonds. The highest BCUT2D eigenvalue weighted by atomic mass is 35.5. The van der Waals surface area contributed by atoms with Crippen LogP contribution in [0.15, 0.2) is 41.2 Å². The van der Waals surface area contributed by atoms with E-state index in [4.69, 9.17) is 16.0 Å². The first kappa shape index (κ1) is 13.8. The highest BCUT2D eigenvalue weighted by molar-refractivity contribution is 6.30. The summed E-state index contributed by atoms with van der Waals surface area (Å²) in [5.41, 5.74) is -0.0241. The Morgan fingerprint density at radius 3 is 2.58 bits per heavy atom. The number of halogens is 4. The molecular weight excluding hydrogens is 279 g/mol. The van der Waals surface area contributed by atoms with E-state index < -0.39 is 11.7 Å². The van der Waals surface area contributed by atoms with E-state index in [1.54, 1.807) is 13.0 Å². The number of furan rings is 1. The fourth-order valence-corrected chi connectivity index (χ4v) is 1.89. The van der Waals surface area contributed by atoms with Gasteiger partial charge in [-0.05, 0) is 31.2 Å². The molecule has 2 aromatic rings. The van der Waals surface area contributed by atoms with Crippen molar-refractivity contribution in [2.24, 2.45) is 0 Å². The first-order chi connectivity index (χ1) is 8.88. The molecule has 1 unspecified atom stereocenters. The fourth-order valence-electron chi connectivity index (χ4n) is 1.71. The van der Waals surface area contributed by atoms with Gasteiger partial charge in [-0.15, -0.1) is 0 Å². The average molecular weight is 290 g/mol. The summed E-state index contributed by atoms with van der Waals surface area (Å²) in [6.45, 7) is 1.75. The molecule has 0 saturated carbocycles. The van der Waals surface area contributed by atoms with E-state index in [2.05, 4.69) is 5.32 Å². The molecule has 1 aromatic carbocycles. The molecule has 0 aliphatic heterocycles. The second-order valence-corrected chi connectivity index (χ2v) is 4.55. The molecule has 1 heterocycles. The van der Waals surface area contributed by atoms with Crippen LogP contribution in [0.1, 0.15) is 24.1 Å². The number of nitrogens with one attached hydrogen (secondary N) is 1. The van der Waals surface area contributed by atoms with Crippen molar-refractivity contribution in [1.82, 2.24) is 0 Å². The zero-order chi connectivity index (χ0) is 14.0. The van der Waals surface area contributed by atoms with Crippen molar-refractivity contribution in [3.8, 4) is 0 Å². The number of alkyl halides is 3. The lowest BCUT2D eigenvalue weighted by Gasteiger charge is -2.18. The Labute approximate surface area is 113 Å². The predicted octanol–water partition coefficient (Wildman–Crippen LogP) is 5.12. The molecule has 0 fully saturated rings. The van der Waals surface area contributed by atoms with Crippen LogP contribution in [0.4, 0.5) is 18.9 Å². The van der Waals surface area contributed by atoms with E-state index in [0.29, 0.717) is 0 Å². The Hall–Kier alpha value is -1.62. The second-order valence-electron chi connectivity index (χ2n) is 4.11. The standard InChI is InChI=1S/C13H11ClF3NO/c1-8(9-4-5-19-7-9)18-12-3-2-10(14)6-11(12)13(15,16)17/h2-8,18H,1H3. The topological polar surface area (TPSA) is 25.2 Å². The monoisotopic (exact) mass is 289 g/mol. The van der Waals surface area contributed by atoms with Gasteiger partial charge in [-0.3, -0.25) is 0 Å². The maximum absolute atomic E-state index is 12.9. The lowest BCUT2D eigenvalue weighted by atomic mass is 10.1. The van der Waals surface area contributed by atoms with Gasteiger partial charge >= 0.3 is 6.18 Å². The minimum absolute atomic E-state index is 0.00870. The summed E-state index contributed by atoms with van der Waals surface area (Å²) >= 11 is 5.62. The third-order valence-corrected chi connectivity index (χ3v) is 2.94. The van der Waals surface area contributed by atoms with E-state index in [1.165, 1.54) is 24.7 Å². The molecule has 0 saturated heterocycles. The lowest BCUT2D eigenvalue weighted by Crippen LogP contribution is -2.13. The number of hydrogen-bond acceptors (Lipinski definition) is 2. The summed E-state index contributed by atoms with van der Waals surface area (Å²) in [7, 11) is 0. The highest BCUT2D eigenvalue weighted by Gasteiger charge is 2.34. The summed E-state index contributed by atoms with van der Waals surface area (Å²) in [5.74, 6) is 0. The van der Waals surface area contributed by atoms with Crippen molar-refractivity contribution in [3.63, 3.8) is 0 Å². The van der Waals surface area contributed by atoms with E-state index in [9.17, 15) is 13.2 Å². The molecule has 0 bridgehead atoms. The van der Waals surface area contributed by atoms with Gasteiger partial charge < -0.3 is 9.73 Å². The summed E-state index contributed by atoms with van der Waals surface area (Å²) < 4.78 is 43.6. The van der Waals surface area contributed by atoms with Crippen LogP contribution in [0.5, 0.6) is 0 Å². The summed E-state index contributed by atoms with van der Waals surface area (Å²) in [6, 6.07) is 5.04. The number of benzene rings is 1. The quantitative estimate of drug-likeness (QED) is 0.848. The number of anilines is 1. The summed E-state index contributed by atoms with van der Waals surface area (Å²) in [5, 5.41) is 2.86. The molecule has 2 nitrogen and oxygen atoms in total. The van der Waals surface area contributed by atoms with Crippen molar-refractivity contribution in [1.29, 1.82) is 0 Å². The van der Waals surface area contributed by atoms with Gasteiger partial charge in [-0.1, -0.05) is 11.6 Å². The molecule has 0 aliphatic rings. The largest absolute Gasteiger partial charge is 0.472 e. The van der Waals surface area contributed by atoms with Crippen LogP contribution < -0.4 is 5.32 Å². The summed E-state index contributed by atoms with van der Waals surface area (Å²) in [4.78, 5) is 0. The molecule has 0 aliphatic carbocycles. The van der Waals surface area contributed by atoms with Crippen LogP contribution in [0.2, 0.25) is 5.02 Å². The normalized spacial score (nSPS) is 13.3. The zero-order valence-corrected chi connectivity index (χ0v) is 10.7. The van der Waals surface area contributed by atoms with E-state index in [-0.39, 0.29) is 16.8 Å². The maximum atomic E-state index is 12.9. The third kappa shape index (κ3) is 3.23. The van der Waals surface area contributed by atoms with Gasteiger partial charge in [0.15, 0.2) is 0 Å². The van der Waals surface area contributed by atoms with E-state index in [1.807, 2.05) is 0 Å². The van der Waals surface area contributed by atoms with Crippen molar-refractivity contribution in [2.45, 2.75) is 19.1 Å². The SMILES string of the molecule is CC(Nc1ccc(Cl)cc1C(F)(F)F)c1ccoc1. The van der Waals surface area contributed by atoms with Crippen LogP contribution in [0.25, 0.3) is 0 Å². The van der Waals surface area contributed by atoms with Gasteiger partial charge in [-0.2, -0.15) is 13.2 Å². The average Bonchev–Trinajstić information content (AvgIpc) is 2.83. The summed E-state index contributed by atoms with van der Waals surface area (Å²) in [6.07, 6.45) is -1.50. The van der Waals surface area contributed by atoms with Crippen molar-refractivity contribution >= 4 is 17.3 Å². The minimum atomic E-state index is -4.46. The Bertz CT molecular complexity index is 552. The Morgan fingerprint density at radius 1 is 1.26 bits per heavy atom. The molecule has 2 rings (SSSR count). The highest BCUT2D eigenvalue weighted by Crippen LogP contribution is 2.37.